The molecule has 1 aliphatic carbocycles. The zero-order chi connectivity index (χ0) is 22.6. The Labute approximate surface area is 193 Å². The first-order valence-electron chi connectivity index (χ1n) is 9.12. The first kappa shape index (κ1) is 23.2. The molecular formula is C21H18Cl3FN2O4. The van der Waals surface area contributed by atoms with Gasteiger partial charge in [-0.15, -0.1) is 0 Å². The Balaban J connectivity index is 1.41. The smallest absolute Gasteiger partial charge is 0.262 e. The van der Waals surface area contributed by atoms with Crippen LogP contribution in [0.2, 0.25) is 15.1 Å². The molecule has 0 radical (unpaired) electrons. The average molecular weight is 488 g/mol. The van der Waals surface area contributed by atoms with E-state index in [0.717, 1.165) is 6.07 Å². The number of amides is 2. The number of nitrogens with one attached hydrogen (secondary N) is 2. The molecular weight excluding hydrogens is 470 g/mol. The van der Waals surface area contributed by atoms with Crippen molar-refractivity contribution in [1.82, 2.24) is 10.6 Å². The van der Waals surface area contributed by atoms with Crippen LogP contribution in [0.25, 0.3) is 0 Å². The second-order valence-corrected chi connectivity index (χ2v) is 8.31. The Kier molecular flexibility index (Phi) is 7.30. The Morgan fingerprint density at radius 3 is 2.16 bits per heavy atom. The molecule has 2 amide bonds. The van der Waals surface area contributed by atoms with Gasteiger partial charge in [-0.3, -0.25) is 9.59 Å². The predicted molar refractivity (Wildman–Crippen MR) is 116 cm³/mol. The summed E-state index contributed by atoms with van der Waals surface area (Å²) >= 11 is 17.3. The Bertz CT molecular complexity index is 1050. The first-order valence-corrected chi connectivity index (χ1v) is 10.3. The fraction of sp³-hybridized carbons (Fsp3) is 0.238. The van der Waals surface area contributed by atoms with Crippen molar-refractivity contribution in [2.75, 3.05) is 13.2 Å². The molecule has 10 heteroatoms. The van der Waals surface area contributed by atoms with Crippen LogP contribution in [-0.2, 0) is 9.59 Å². The van der Waals surface area contributed by atoms with E-state index in [0.29, 0.717) is 27.9 Å². The molecule has 0 fully saturated rings. The van der Waals surface area contributed by atoms with Crippen LogP contribution in [0.3, 0.4) is 0 Å². The molecule has 1 aliphatic rings. The van der Waals surface area contributed by atoms with Crippen LogP contribution in [-0.4, -0.2) is 30.6 Å². The van der Waals surface area contributed by atoms with Gasteiger partial charge in [0, 0.05) is 24.3 Å². The zero-order valence-corrected chi connectivity index (χ0v) is 18.6. The average Bonchev–Trinajstić information content (AvgIpc) is 2.68. The van der Waals surface area contributed by atoms with Crippen LogP contribution >= 0.6 is 34.8 Å². The maximum Gasteiger partial charge on any atom is 0.262 e. The molecule has 0 heterocycles. The van der Waals surface area contributed by atoms with E-state index in [1.54, 1.807) is 25.1 Å². The summed E-state index contributed by atoms with van der Waals surface area (Å²) in [4.78, 5) is 24.1. The normalized spacial score (nSPS) is 17.3. The van der Waals surface area contributed by atoms with Crippen molar-refractivity contribution < 1.29 is 23.5 Å². The Morgan fingerprint density at radius 2 is 1.55 bits per heavy atom. The van der Waals surface area contributed by atoms with Crippen molar-refractivity contribution in [3.63, 3.8) is 0 Å². The van der Waals surface area contributed by atoms with Crippen LogP contribution in [0.4, 0.5) is 4.39 Å². The molecule has 0 saturated carbocycles. The van der Waals surface area contributed by atoms with Crippen molar-refractivity contribution in [3.05, 3.63) is 69.1 Å². The van der Waals surface area contributed by atoms with Gasteiger partial charge in [0.2, 0.25) is 0 Å². The van der Waals surface area contributed by atoms with E-state index in [9.17, 15) is 14.0 Å². The summed E-state index contributed by atoms with van der Waals surface area (Å²) in [7, 11) is 0. The molecule has 31 heavy (non-hydrogen) atoms. The van der Waals surface area contributed by atoms with Crippen molar-refractivity contribution >= 4 is 46.6 Å². The summed E-state index contributed by atoms with van der Waals surface area (Å²) in [6.07, 6.45) is 2.15. The van der Waals surface area contributed by atoms with Gasteiger partial charge >= 0.3 is 0 Å². The maximum atomic E-state index is 13.4. The Morgan fingerprint density at radius 1 is 0.968 bits per heavy atom. The lowest BCUT2D eigenvalue weighted by Crippen LogP contribution is -2.53. The number of carbonyl (C=O) groups is 2. The first-order chi connectivity index (χ1) is 14.6. The van der Waals surface area contributed by atoms with Crippen LogP contribution in [0.15, 0.2) is 48.2 Å². The Hall–Kier alpha value is -2.48. The largest absolute Gasteiger partial charge is 0.484 e. The second-order valence-electron chi connectivity index (χ2n) is 7.09. The standard InChI is InChI=1S/C21H18Cl3FN2O4/c1-21(27-20(29)11-31-14-3-5-16(23)18(25)7-14)8-12(9-21)26-19(28)10-30-13-2-4-15(22)17(24)6-13/h2-8H,9-11H2,1H3,(H,26,28)(H,27,29). The van der Waals surface area contributed by atoms with Crippen LogP contribution in [0.5, 0.6) is 11.5 Å². The molecule has 0 saturated heterocycles. The number of halogens is 4. The van der Waals surface area contributed by atoms with E-state index < -0.39 is 11.4 Å². The van der Waals surface area contributed by atoms with E-state index in [-0.39, 0.29) is 35.8 Å². The second kappa shape index (κ2) is 9.77. The molecule has 0 aromatic heterocycles. The number of hydrogen-bond donors (Lipinski definition) is 2. The van der Waals surface area contributed by atoms with Gasteiger partial charge in [0.1, 0.15) is 17.3 Å². The summed E-state index contributed by atoms with van der Waals surface area (Å²) < 4.78 is 24.0. The molecule has 2 aromatic rings. The number of rotatable bonds is 8. The predicted octanol–water partition coefficient (Wildman–Crippen LogP) is 4.52. The molecule has 6 nitrogen and oxygen atoms in total. The van der Waals surface area contributed by atoms with E-state index in [1.807, 2.05) is 0 Å². The summed E-state index contributed by atoms with van der Waals surface area (Å²) in [6, 6.07) is 8.63. The van der Waals surface area contributed by atoms with E-state index in [2.05, 4.69) is 10.6 Å². The van der Waals surface area contributed by atoms with Crippen LogP contribution in [0, 0.1) is 5.82 Å². The third kappa shape index (κ3) is 6.50. The van der Waals surface area contributed by atoms with Gasteiger partial charge in [0.15, 0.2) is 13.2 Å². The molecule has 164 valence electrons. The molecule has 2 aromatic carbocycles. The summed E-state index contributed by atoms with van der Waals surface area (Å²) in [5.41, 5.74) is 0.0324. The molecule has 3 rings (SSSR count). The van der Waals surface area contributed by atoms with Gasteiger partial charge in [-0.1, -0.05) is 34.8 Å². The highest BCUT2D eigenvalue weighted by molar-refractivity contribution is 6.42. The minimum absolute atomic E-state index is 0.0270. The lowest BCUT2D eigenvalue weighted by Gasteiger charge is -2.37. The number of benzene rings is 2. The highest BCUT2D eigenvalue weighted by Crippen LogP contribution is 2.29. The van der Waals surface area contributed by atoms with E-state index >= 15 is 0 Å². The highest BCUT2D eigenvalue weighted by atomic mass is 35.5. The molecule has 1 unspecified atom stereocenters. The molecule has 2 N–H and O–H groups in total. The molecule has 0 spiro atoms. The lowest BCUT2D eigenvalue weighted by atomic mass is 9.84. The number of ether oxygens (including phenoxy) is 2. The molecule has 0 aliphatic heterocycles. The topological polar surface area (TPSA) is 76.7 Å². The van der Waals surface area contributed by atoms with Gasteiger partial charge in [0.25, 0.3) is 11.8 Å². The lowest BCUT2D eigenvalue weighted by molar-refractivity contribution is -0.124. The molecule has 0 bridgehead atoms. The van der Waals surface area contributed by atoms with Crippen molar-refractivity contribution in [3.8, 4) is 11.5 Å². The molecule has 1 atom stereocenters. The SMILES string of the molecule is CC1(NC(=O)COc2ccc(Cl)c(F)c2)C=C(NC(=O)COc2ccc(Cl)c(Cl)c2)C1. The van der Waals surface area contributed by atoms with E-state index in [1.165, 1.54) is 18.2 Å². The van der Waals surface area contributed by atoms with Crippen molar-refractivity contribution in [2.24, 2.45) is 0 Å². The minimum Gasteiger partial charge on any atom is -0.484 e. The highest BCUT2D eigenvalue weighted by Gasteiger charge is 2.34. The zero-order valence-electron chi connectivity index (χ0n) is 16.3. The fourth-order valence-electron chi connectivity index (χ4n) is 2.91. The van der Waals surface area contributed by atoms with Gasteiger partial charge in [0.05, 0.1) is 20.6 Å². The van der Waals surface area contributed by atoms with Gasteiger partial charge in [-0.2, -0.15) is 0 Å². The van der Waals surface area contributed by atoms with Crippen molar-refractivity contribution in [2.45, 2.75) is 18.9 Å². The van der Waals surface area contributed by atoms with Gasteiger partial charge < -0.3 is 20.1 Å². The van der Waals surface area contributed by atoms with Gasteiger partial charge in [-0.25, -0.2) is 4.39 Å². The summed E-state index contributed by atoms with van der Waals surface area (Å²) in [6.45, 7) is 1.31. The fourth-order valence-corrected chi connectivity index (χ4v) is 3.32. The van der Waals surface area contributed by atoms with Crippen LogP contribution in [0.1, 0.15) is 13.3 Å². The monoisotopic (exact) mass is 486 g/mol. The van der Waals surface area contributed by atoms with Crippen LogP contribution < -0.4 is 20.1 Å². The third-order valence-electron chi connectivity index (χ3n) is 4.30. The summed E-state index contributed by atoms with van der Waals surface area (Å²) in [5, 5.41) is 6.20. The maximum absolute atomic E-state index is 13.4. The van der Waals surface area contributed by atoms with Gasteiger partial charge in [-0.05, 0) is 37.3 Å². The number of hydrogen-bond acceptors (Lipinski definition) is 4. The summed E-state index contributed by atoms with van der Waals surface area (Å²) in [5.74, 6) is -0.746. The third-order valence-corrected chi connectivity index (χ3v) is 5.34. The minimum atomic E-state index is -0.628. The van der Waals surface area contributed by atoms with Crippen molar-refractivity contribution in [1.29, 1.82) is 0 Å². The van der Waals surface area contributed by atoms with E-state index in [4.69, 9.17) is 44.3 Å². The quantitative estimate of drug-likeness (QED) is 0.574. The number of carbonyl (C=O) groups excluding carboxylic acids is 2.